The highest BCUT2D eigenvalue weighted by Crippen LogP contribution is 2.46. The summed E-state index contributed by atoms with van der Waals surface area (Å²) < 4.78 is 10.4. The van der Waals surface area contributed by atoms with Crippen LogP contribution in [0.1, 0.15) is 41.3 Å². The fourth-order valence-electron chi connectivity index (χ4n) is 3.61. The van der Waals surface area contributed by atoms with E-state index in [-0.39, 0.29) is 5.97 Å². The SMILES string of the molecule is COC(=O)c1cc(N)cc(C2=C(c3ccccc3OC)CCC2C)c1. The minimum atomic E-state index is -0.376. The van der Waals surface area contributed by atoms with Gasteiger partial charge in [0, 0.05) is 11.3 Å². The number of esters is 1. The van der Waals surface area contributed by atoms with Crippen molar-refractivity contribution in [2.75, 3.05) is 20.0 Å². The van der Waals surface area contributed by atoms with E-state index in [1.165, 1.54) is 18.3 Å². The molecule has 1 unspecified atom stereocenters. The summed E-state index contributed by atoms with van der Waals surface area (Å²) in [6.45, 7) is 2.21. The number of hydrogen-bond acceptors (Lipinski definition) is 4. The smallest absolute Gasteiger partial charge is 0.337 e. The van der Waals surface area contributed by atoms with Crippen molar-refractivity contribution in [1.29, 1.82) is 0 Å². The maximum Gasteiger partial charge on any atom is 0.337 e. The maximum absolute atomic E-state index is 12.0. The van der Waals surface area contributed by atoms with Gasteiger partial charge in [0.25, 0.3) is 0 Å². The Labute approximate surface area is 148 Å². The molecular formula is C21H23NO3. The van der Waals surface area contributed by atoms with Gasteiger partial charge < -0.3 is 15.2 Å². The van der Waals surface area contributed by atoms with Crippen LogP contribution in [0, 0.1) is 5.92 Å². The lowest BCUT2D eigenvalue weighted by molar-refractivity contribution is 0.0600. The number of benzene rings is 2. The van der Waals surface area contributed by atoms with E-state index in [9.17, 15) is 4.79 Å². The fourth-order valence-corrected chi connectivity index (χ4v) is 3.61. The number of carbonyl (C=O) groups is 1. The van der Waals surface area contributed by atoms with Crippen LogP contribution >= 0.6 is 0 Å². The lowest BCUT2D eigenvalue weighted by Crippen LogP contribution is -2.04. The van der Waals surface area contributed by atoms with Crippen LogP contribution in [0.3, 0.4) is 0 Å². The number of para-hydroxylation sites is 1. The normalized spacial score (nSPS) is 16.8. The second-order valence-electron chi connectivity index (χ2n) is 6.37. The first kappa shape index (κ1) is 17.1. The molecule has 4 heteroatoms. The van der Waals surface area contributed by atoms with Crippen LogP contribution in [-0.2, 0) is 4.74 Å². The zero-order valence-electron chi connectivity index (χ0n) is 14.8. The summed E-state index contributed by atoms with van der Waals surface area (Å²) in [5, 5.41) is 0. The molecule has 0 amide bonds. The Morgan fingerprint density at radius 1 is 1.16 bits per heavy atom. The maximum atomic E-state index is 12.0. The van der Waals surface area contributed by atoms with Crippen LogP contribution in [0.15, 0.2) is 42.5 Å². The van der Waals surface area contributed by atoms with Gasteiger partial charge in [-0.25, -0.2) is 4.79 Å². The molecule has 130 valence electrons. The van der Waals surface area contributed by atoms with E-state index in [2.05, 4.69) is 13.0 Å². The molecule has 25 heavy (non-hydrogen) atoms. The van der Waals surface area contributed by atoms with Gasteiger partial charge >= 0.3 is 5.97 Å². The number of anilines is 1. The molecule has 0 aliphatic heterocycles. The predicted octanol–water partition coefficient (Wildman–Crippen LogP) is 4.40. The standard InChI is InChI=1S/C21H23NO3/c1-13-8-9-18(17-6-4-5-7-19(17)24-2)20(13)14-10-15(21(23)25-3)12-16(22)11-14/h4-7,10-13H,8-9,22H2,1-3H3. The van der Waals surface area contributed by atoms with Gasteiger partial charge in [0.1, 0.15) is 5.75 Å². The summed E-state index contributed by atoms with van der Waals surface area (Å²) >= 11 is 0. The summed E-state index contributed by atoms with van der Waals surface area (Å²) in [6.07, 6.45) is 2.03. The van der Waals surface area contributed by atoms with Crippen molar-refractivity contribution in [3.63, 3.8) is 0 Å². The van der Waals surface area contributed by atoms with Crippen molar-refractivity contribution in [1.82, 2.24) is 0 Å². The first-order valence-electron chi connectivity index (χ1n) is 8.40. The van der Waals surface area contributed by atoms with E-state index >= 15 is 0 Å². The van der Waals surface area contributed by atoms with E-state index in [1.54, 1.807) is 13.2 Å². The first-order chi connectivity index (χ1) is 12.0. The van der Waals surface area contributed by atoms with Crippen molar-refractivity contribution in [2.24, 2.45) is 5.92 Å². The van der Waals surface area contributed by atoms with Crippen LogP contribution in [-0.4, -0.2) is 20.2 Å². The predicted molar refractivity (Wildman–Crippen MR) is 100 cm³/mol. The van der Waals surface area contributed by atoms with Crippen LogP contribution in [0.2, 0.25) is 0 Å². The average Bonchev–Trinajstić information content (AvgIpc) is 3.01. The summed E-state index contributed by atoms with van der Waals surface area (Å²) in [4.78, 5) is 12.0. The molecule has 0 saturated heterocycles. The number of ether oxygens (including phenoxy) is 2. The Hall–Kier alpha value is -2.75. The Morgan fingerprint density at radius 2 is 1.92 bits per heavy atom. The number of allylic oxidation sites excluding steroid dienone is 2. The number of carbonyl (C=O) groups excluding carboxylic acids is 1. The van der Waals surface area contributed by atoms with Crippen molar-refractivity contribution < 1.29 is 14.3 Å². The molecule has 0 saturated carbocycles. The highest BCUT2D eigenvalue weighted by atomic mass is 16.5. The molecule has 2 N–H and O–H groups in total. The van der Waals surface area contributed by atoms with Gasteiger partial charge in [-0.3, -0.25) is 0 Å². The second-order valence-corrected chi connectivity index (χ2v) is 6.37. The summed E-state index contributed by atoms with van der Waals surface area (Å²) in [6, 6.07) is 13.5. The molecular weight excluding hydrogens is 314 g/mol. The van der Waals surface area contributed by atoms with Gasteiger partial charge in [0.15, 0.2) is 0 Å². The van der Waals surface area contributed by atoms with Gasteiger partial charge in [0.05, 0.1) is 19.8 Å². The van der Waals surface area contributed by atoms with Crippen molar-refractivity contribution in [3.05, 3.63) is 59.2 Å². The van der Waals surface area contributed by atoms with Gasteiger partial charge in [0.2, 0.25) is 0 Å². The van der Waals surface area contributed by atoms with Gasteiger partial charge in [-0.2, -0.15) is 0 Å². The Bertz CT molecular complexity index is 839. The van der Waals surface area contributed by atoms with E-state index in [0.717, 1.165) is 29.7 Å². The zero-order chi connectivity index (χ0) is 18.0. The first-order valence-corrected chi connectivity index (χ1v) is 8.40. The van der Waals surface area contributed by atoms with Crippen molar-refractivity contribution in [2.45, 2.75) is 19.8 Å². The molecule has 0 heterocycles. The molecule has 1 aliphatic carbocycles. The average molecular weight is 337 g/mol. The monoisotopic (exact) mass is 337 g/mol. The second kappa shape index (κ2) is 7.01. The molecule has 2 aromatic carbocycles. The molecule has 0 aromatic heterocycles. The third-order valence-corrected chi connectivity index (χ3v) is 4.76. The van der Waals surface area contributed by atoms with Crippen molar-refractivity contribution >= 4 is 22.8 Å². The van der Waals surface area contributed by atoms with E-state index in [4.69, 9.17) is 15.2 Å². The Kier molecular flexibility index (Phi) is 4.79. The van der Waals surface area contributed by atoms with E-state index in [0.29, 0.717) is 17.2 Å². The minimum absolute atomic E-state index is 0.376. The lowest BCUT2D eigenvalue weighted by atomic mass is 9.91. The molecule has 1 aliphatic rings. The summed E-state index contributed by atoms with van der Waals surface area (Å²) in [5.74, 6) is 0.868. The zero-order valence-corrected chi connectivity index (χ0v) is 14.8. The highest BCUT2D eigenvalue weighted by molar-refractivity contribution is 5.98. The van der Waals surface area contributed by atoms with E-state index < -0.39 is 0 Å². The van der Waals surface area contributed by atoms with Crippen LogP contribution in [0.5, 0.6) is 5.75 Å². The van der Waals surface area contributed by atoms with Crippen LogP contribution in [0.25, 0.3) is 11.1 Å². The Balaban J connectivity index is 2.19. The number of methoxy groups -OCH3 is 2. The molecule has 4 nitrogen and oxygen atoms in total. The topological polar surface area (TPSA) is 61.5 Å². The fraction of sp³-hybridized carbons (Fsp3) is 0.286. The molecule has 1 atom stereocenters. The number of nitrogens with two attached hydrogens (primary N) is 1. The largest absolute Gasteiger partial charge is 0.496 e. The number of nitrogen functional groups attached to an aromatic ring is 1. The number of rotatable bonds is 4. The minimum Gasteiger partial charge on any atom is -0.496 e. The van der Waals surface area contributed by atoms with Crippen LogP contribution in [0.4, 0.5) is 5.69 Å². The molecule has 0 radical (unpaired) electrons. The number of hydrogen-bond donors (Lipinski definition) is 1. The Morgan fingerprint density at radius 3 is 2.64 bits per heavy atom. The van der Waals surface area contributed by atoms with Gasteiger partial charge in [-0.15, -0.1) is 0 Å². The molecule has 3 rings (SSSR count). The molecule has 0 spiro atoms. The molecule has 0 bridgehead atoms. The summed E-state index contributed by atoms with van der Waals surface area (Å²) in [5.41, 5.74) is 11.6. The summed E-state index contributed by atoms with van der Waals surface area (Å²) in [7, 11) is 3.07. The lowest BCUT2D eigenvalue weighted by Gasteiger charge is -2.16. The molecule has 0 fully saturated rings. The van der Waals surface area contributed by atoms with Crippen molar-refractivity contribution in [3.8, 4) is 5.75 Å². The van der Waals surface area contributed by atoms with Gasteiger partial charge in [-0.05, 0) is 59.7 Å². The third kappa shape index (κ3) is 3.25. The highest BCUT2D eigenvalue weighted by Gasteiger charge is 2.26. The van der Waals surface area contributed by atoms with E-state index in [1.807, 2.05) is 30.3 Å². The third-order valence-electron chi connectivity index (χ3n) is 4.76. The quantitative estimate of drug-likeness (QED) is 0.663. The molecule has 2 aromatic rings. The van der Waals surface area contributed by atoms with Gasteiger partial charge in [-0.1, -0.05) is 25.1 Å². The van der Waals surface area contributed by atoms with Crippen LogP contribution < -0.4 is 10.5 Å².